The van der Waals surface area contributed by atoms with Crippen LogP contribution >= 0.6 is 0 Å². The summed E-state index contributed by atoms with van der Waals surface area (Å²) in [5.41, 5.74) is 4.96. The maximum atomic E-state index is 12.6. The first-order valence-electron chi connectivity index (χ1n) is 15.1. The van der Waals surface area contributed by atoms with Gasteiger partial charge in [-0.05, 0) is 81.9 Å². The van der Waals surface area contributed by atoms with Gasteiger partial charge in [-0.1, -0.05) is 30.4 Å². The lowest BCUT2D eigenvalue weighted by molar-refractivity contribution is -0.125. The summed E-state index contributed by atoms with van der Waals surface area (Å²) in [6, 6.07) is 16.4. The molecule has 0 spiro atoms. The first-order chi connectivity index (χ1) is 20.9. The van der Waals surface area contributed by atoms with Gasteiger partial charge in [-0.15, -0.1) is 0 Å². The number of amides is 1. The van der Waals surface area contributed by atoms with E-state index in [1.54, 1.807) is 12.3 Å². The molecule has 2 aliphatic rings. The highest BCUT2D eigenvalue weighted by atomic mass is 16.5. The minimum absolute atomic E-state index is 0.0994. The fourth-order valence-electron chi connectivity index (χ4n) is 5.34. The molecule has 2 aromatic carbocycles. The van der Waals surface area contributed by atoms with Crippen molar-refractivity contribution in [2.75, 3.05) is 71.1 Å². The Kier molecular flexibility index (Phi) is 10.4. The van der Waals surface area contributed by atoms with Crippen LogP contribution < -0.4 is 15.4 Å². The average molecular weight is 582 g/mol. The monoisotopic (exact) mass is 581 g/mol. The first kappa shape index (κ1) is 30.3. The normalized spacial score (nSPS) is 18.5. The van der Waals surface area contributed by atoms with Gasteiger partial charge in [0.05, 0.1) is 12.3 Å². The Hall–Kier alpha value is -4.21. The molecule has 0 saturated carbocycles. The molecule has 2 aliphatic heterocycles. The number of likely N-dealkylation sites (tertiary alicyclic amines) is 1. The minimum Gasteiger partial charge on any atom is -0.493 e. The summed E-state index contributed by atoms with van der Waals surface area (Å²) in [6.45, 7) is 5.39. The summed E-state index contributed by atoms with van der Waals surface area (Å²) in [7, 11) is 6.12. The van der Waals surface area contributed by atoms with Gasteiger partial charge in [0.1, 0.15) is 5.75 Å². The molecule has 1 atom stereocenters. The number of ether oxygens (including phenoxy) is 1. The van der Waals surface area contributed by atoms with Gasteiger partial charge in [0.2, 0.25) is 11.9 Å². The number of hydrogen-bond acceptors (Lipinski definition) is 8. The summed E-state index contributed by atoms with van der Waals surface area (Å²) in [5, 5.41) is 7.10. The highest BCUT2D eigenvalue weighted by molar-refractivity contribution is 5.87. The van der Waals surface area contributed by atoms with Crippen LogP contribution in [0.4, 0.5) is 17.3 Å². The molecule has 1 aromatic heterocycles. The number of carbonyl (C=O) groups excluding carboxylic acids is 1. The number of likely N-dealkylation sites (N-methyl/N-ethyl adjacent to an activating group) is 2. The second-order valence-electron chi connectivity index (χ2n) is 11.6. The lowest BCUT2D eigenvalue weighted by Crippen LogP contribution is -2.28. The molecule has 9 nitrogen and oxygen atoms in total. The van der Waals surface area contributed by atoms with E-state index in [-0.39, 0.29) is 5.91 Å². The fourth-order valence-corrected chi connectivity index (χ4v) is 5.34. The minimum atomic E-state index is 0.0994. The van der Waals surface area contributed by atoms with Crippen molar-refractivity contribution >= 4 is 23.2 Å². The van der Waals surface area contributed by atoms with E-state index >= 15 is 0 Å². The van der Waals surface area contributed by atoms with Gasteiger partial charge in [-0.3, -0.25) is 9.69 Å². The summed E-state index contributed by atoms with van der Waals surface area (Å²) in [5.74, 6) is 1.87. The van der Waals surface area contributed by atoms with Crippen LogP contribution in [0.25, 0.3) is 11.3 Å². The molecule has 0 aliphatic carbocycles. The van der Waals surface area contributed by atoms with Crippen molar-refractivity contribution in [3.05, 3.63) is 84.6 Å². The lowest BCUT2D eigenvalue weighted by atomic mass is 10.1. The molecule has 43 heavy (non-hydrogen) atoms. The van der Waals surface area contributed by atoms with Crippen LogP contribution in [0.15, 0.2) is 79.0 Å². The van der Waals surface area contributed by atoms with Gasteiger partial charge in [0, 0.05) is 68.5 Å². The standard InChI is InChI=1S/C34H43N7O2/c1-39(2)15-8-11-33(42)41-17-13-26(25-41)23-36-29-19-27-20-30(22-29)37-34-35-14-12-32(38-34)28-9-7-10-31(21-28)43-18-6-4-5-16-40(3)24-27/h4-5,7-12,14,19-22,26,36H,6,13,15-18,23-25H2,1-3H3,(H,35,37,38)/b5-4+,11-8+. The van der Waals surface area contributed by atoms with Crippen molar-refractivity contribution in [1.29, 1.82) is 0 Å². The molecular weight excluding hydrogens is 538 g/mol. The summed E-state index contributed by atoms with van der Waals surface area (Å²) < 4.78 is 5.98. The summed E-state index contributed by atoms with van der Waals surface area (Å²) in [6.07, 6.45) is 11.6. The zero-order valence-electron chi connectivity index (χ0n) is 25.5. The molecule has 1 saturated heterocycles. The number of rotatable bonds is 6. The number of fused-ring (bicyclic) bond motifs is 7. The molecule has 226 valence electrons. The van der Waals surface area contributed by atoms with E-state index < -0.39 is 0 Å². The van der Waals surface area contributed by atoms with Crippen molar-refractivity contribution in [3.8, 4) is 17.0 Å². The number of carbonyl (C=O) groups is 1. The Balaban J connectivity index is 1.32. The number of hydrogen-bond donors (Lipinski definition) is 2. The van der Waals surface area contributed by atoms with Gasteiger partial charge < -0.3 is 25.2 Å². The van der Waals surface area contributed by atoms with Crippen molar-refractivity contribution in [2.45, 2.75) is 19.4 Å². The van der Waals surface area contributed by atoms with Crippen LogP contribution in [0.1, 0.15) is 18.4 Å². The Morgan fingerprint density at radius 1 is 1.19 bits per heavy atom. The Morgan fingerprint density at radius 2 is 2.09 bits per heavy atom. The highest BCUT2D eigenvalue weighted by Crippen LogP contribution is 2.27. The van der Waals surface area contributed by atoms with Crippen molar-refractivity contribution in [2.24, 2.45) is 5.92 Å². The fraction of sp³-hybridized carbons (Fsp3) is 0.382. The lowest BCUT2D eigenvalue weighted by Gasteiger charge is -2.19. The van der Waals surface area contributed by atoms with Crippen molar-refractivity contribution in [1.82, 2.24) is 24.7 Å². The van der Waals surface area contributed by atoms with Crippen LogP contribution in [-0.2, 0) is 11.3 Å². The molecule has 5 rings (SSSR count). The molecule has 1 fully saturated rings. The summed E-state index contributed by atoms with van der Waals surface area (Å²) in [4.78, 5) is 28.2. The van der Waals surface area contributed by atoms with E-state index in [4.69, 9.17) is 9.72 Å². The molecule has 1 amide bonds. The second kappa shape index (κ2) is 14.8. The number of benzene rings is 2. The topological polar surface area (TPSA) is 85.9 Å². The van der Waals surface area contributed by atoms with E-state index in [9.17, 15) is 4.79 Å². The highest BCUT2D eigenvalue weighted by Gasteiger charge is 2.25. The molecule has 1 unspecified atom stereocenters. The molecule has 2 N–H and O–H groups in total. The van der Waals surface area contributed by atoms with Gasteiger partial charge >= 0.3 is 0 Å². The number of nitrogens with one attached hydrogen (secondary N) is 2. The van der Waals surface area contributed by atoms with E-state index in [1.807, 2.05) is 60.3 Å². The van der Waals surface area contributed by atoms with Gasteiger partial charge in [0.25, 0.3) is 0 Å². The van der Waals surface area contributed by atoms with Gasteiger partial charge in [0.15, 0.2) is 0 Å². The van der Waals surface area contributed by atoms with Crippen LogP contribution in [-0.4, -0.2) is 91.0 Å². The zero-order valence-corrected chi connectivity index (χ0v) is 25.5. The summed E-state index contributed by atoms with van der Waals surface area (Å²) >= 11 is 0. The third kappa shape index (κ3) is 9.14. The third-order valence-electron chi connectivity index (χ3n) is 7.55. The molecule has 6 bridgehead atoms. The average Bonchev–Trinajstić information content (AvgIpc) is 3.47. The smallest absolute Gasteiger partial charge is 0.246 e. The van der Waals surface area contributed by atoms with Gasteiger partial charge in [-0.25, -0.2) is 9.97 Å². The SMILES string of the molecule is CN(C)C/C=C/C(=O)N1CCC(CNc2cc3cc(c2)Nc2nccc(n2)-c2cccc(c2)OCC/C=C/CN(C)C3)C1. The van der Waals surface area contributed by atoms with E-state index in [0.717, 1.165) is 80.5 Å². The predicted octanol–water partition coefficient (Wildman–Crippen LogP) is 5.04. The molecular formula is C34H43N7O2. The van der Waals surface area contributed by atoms with E-state index in [2.05, 4.69) is 57.9 Å². The first-order valence-corrected chi connectivity index (χ1v) is 15.1. The quantitative estimate of drug-likeness (QED) is 0.310. The van der Waals surface area contributed by atoms with Crippen LogP contribution in [0.5, 0.6) is 5.75 Å². The largest absolute Gasteiger partial charge is 0.493 e. The molecule has 0 radical (unpaired) electrons. The number of aromatic nitrogens is 2. The Morgan fingerprint density at radius 3 is 2.98 bits per heavy atom. The Bertz CT molecular complexity index is 1440. The van der Waals surface area contributed by atoms with Crippen LogP contribution in [0, 0.1) is 5.92 Å². The van der Waals surface area contributed by atoms with Crippen molar-refractivity contribution in [3.63, 3.8) is 0 Å². The zero-order chi connectivity index (χ0) is 30.0. The number of anilines is 3. The molecule has 3 aromatic rings. The maximum absolute atomic E-state index is 12.6. The van der Waals surface area contributed by atoms with E-state index in [1.165, 1.54) is 5.56 Å². The van der Waals surface area contributed by atoms with Gasteiger partial charge in [-0.2, -0.15) is 0 Å². The number of nitrogens with zero attached hydrogens (tertiary/aromatic N) is 5. The Labute approximate surface area is 255 Å². The van der Waals surface area contributed by atoms with E-state index in [0.29, 0.717) is 18.5 Å². The maximum Gasteiger partial charge on any atom is 0.246 e. The van der Waals surface area contributed by atoms with Crippen molar-refractivity contribution < 1.29 is 9.53 Å². The van der Waals surface area contributed by atoms with Crippen LogP contribution in [0.2, 0.25) is 0 Å². The molecule has 3 heterocycles. The second-order valence-corrected chi connectivity index (χ2v) is 11.6. The molecule has 9 heteroatoms. The third-order valence-corrected chi connectivity index (χ3v) is 7.55. The predicted molar refractivity (Wildman–Crippen MR) is 174 cm³/mol. The van der Waals surface area contributed by atoms with Crippen LogP contribution in [0.3, 0.4) is 0 Å².